The Morgan fingerprint density at radius 3 is 1.32 bits per heavy atom. The van der Waals surface area contributed by atoms with Gasteiger partial charge in [0.1, 0.15) is 41.2 Å². The summed E-state index contributed by atoms with van der Waals surface area (Å²) >= 11 is 0. The highest BCUT2D eigenvalue weighted by Crippen LogP contribution is 2.59. The van der Waals surface area contributed by atoms with E-state index in [-0.39, 0.29) is 25.3 Å². The predicted octanol–water partition coefficient (Wildman–Crippen LogP) is 9.73. The van der Waals surface area contributed by atoms with E-state index in [1.54, 1.807) is 50.1 Å². The maximum atomic E-state index is 12.7. The quantitative estimate of drug-likeness (QED) is 0.102. The summed E-state index contributed by atoms with van der Waals surface area (Å²) in [4.78, 5) is 26.6. The molecule has 60 heavy (non-hydrogen) atoms. The first kappa shape index (κ1) is 40.4. The molecule has 1 heterocycles. The van der Waals surface area contributed by atoms with Gasteiger partial charge in [-0.05, 0) is 173 Å². The van der Waals surface area contributed by atoms with Gasteiger partial charge < -0.3 is 28.4 Å². The van der Waals surface area contributed by atoms with E-state index in [4.69, 9.17) is 34.2 Å². The normalized spacial score (nSPS) is 27.6. The molecule has 1 aliphatic heterocycles. The van der Waals surface area contributed by atoms with E-state index < -0.39 is 0 Å². The van der Waals surface area contributed by atoms with Gasteiger partial charge in [-0.2, -0.15) is 0 Å². The Labute approximate surface area is 354 Å². The van der Waals surface area contributed by atoms with Crippen LogP contribution >= 0.6 is 0 Å². The molecule has 8 bridgehead atoms. The Morgan fingerprint density at radius 2 is 0.950 bits per heavy atom. The summed E-state index contributed by atoms with van der Waals surface area (Å²) in [7, 11) is 3.31. The molecule has 0 radical (unpaired) electrons. The number of methoxy groups -OCH3 is 2. The van der Waals surface area contributed by atoms with Crippen LogP contribution in [-0.2, 0) is 9.47 Å². The third-order valence-electron chi connectivity index (χ3n) is 14.4. The second kappa shape index (κ2) is 17.2. The first-order valence-corrected chi connectivity index (χ1v) is 22.3. The van der Waals surface area contributed by atoms with Crippen LogP contribution in [0, 0.1) is 47.3 Å². The summed E-state index contributed by atoms with van der Waals surface area (Å²) in [5.74, 6) is 10.3. The number of carbonyl (C=O) groups is 2. The van der Waals surface area contributed by atoms with Gasteiger partial charge in [-0.25, -0.2) is 4.90 Å². The lowest BCUT2D eigenvalue weighted by Gasteiger charge is -2.51. The molecule has 8 fully saturated rings. The third-order valence-corrected chi connectivity index (χ3v) is 14.4. The van der Waals surface area contributed by atoms with Gasteiger partial charge in [0.05, 0.1) is 38.6 Å². The minimum Gasteiger partial charge on any atom is -0.497 e. The number of benzene rings is 3. The summed E-state index contributed by atoms with van der Waals surface area (Å²) in [6.07, 6.45) is 13.3. The number of ether oxygens (including phenoxy) is 6. The van der Waals surface area contributed by atoms with Crippen molar-refractivity contribution >= 4 is 23.3 Å². The van der Waals surface area contributed by atoms with Crippen LogP contribution in [0.25, 0.3) is 11.5 Å². The lowest BCUT2D eigenvalue weighted by molar-refractivity contribution is 0.0521. The summed E-state index contributed by atoms with van der Waals surface area (Å²) in [6.45, 7) is 5.35. The fraction of sp³-hybridized carbons (Fsp3) is 0.520. The van der Waals surface area contributed by atoms with Crippen LogP contribution < -0.4 is 24.7 Å². The molecule has 0 saturated heterocycles. The molecule has 0 atom stereocenters. The molecule has 318 valence electrons. The highest BCUT2D eigenvalue weighted by atomic mass is 16.5. The number of nitrogens with two attached hydrogens (primary N) is 1. The lowest BCUT2D eigenvalue weighted by atomic mass is 9.54. The summed E-state index contributed by atoms with van der Waals surface area (Å²) in [5.41, 5.74) is 11.4. The summed E-state index contributed by atoms with van der Waals surface area (Å²) in [5, 5.41) is 0. The number of amides is 2. The number of hydrogen-bond acceptors (Lipinski definition) is 9. The average Bonchev–Trinajstić information content (AvgIpc) is 3.49. The average molecular weight is 817 g/mol. The van der Waals surface area contributed by atoms with E-state index >= 15 is 0 Å². The van der Waals surface area contributed by atoms with E-state index in [0.717, 1.165) is 62.7 Å². The first-order valence-electron chi connectivity index (χ1n) is 22.3. The summed E-state index contributed by atoms with van der Waals surface area (Å²) in [6, 6.07) is 18.6. The van der Waals surface area contributed by atoms with Gasteiger partial charge in [0, 0.05) is 23.3 Å². The van der Waals surface area contributed by atoms with Gasteiger partial charge in [0.15, 0.2) is 6.73 Å². The van der Waals surface area contributed by atoms with Crippen LogP contribution in [-0.4, -0.2) is 57.6 Å². The fourth-order valence-electron chi connectivity index (χ4n) is 12.5. The number of allylic oxidation sites excluding steroid dienone is 2. The zero-order valence-corrected chi connectivity index (χ0v) is 35.6. The van der Waals surface area contributed by atoms with Crippen molar-refractivity contribution in [2.45, 2.75) is 78.1 Å². The van der Waals surface area contributed by atoms with Gasteiger partial charge in [-0.3, -0.25) is 15.3 Å². The second-order valence-electron chi connectivity index (χ2n) is 18.0. The zero-order chi connectivity index (χ0) is 41.5. The fourth-order valence-corrected chi connectivity index (χ4v) is 12.5. The van der Waals surface area contributed by atoms with Crippen LogP contribution in [0.2, 0.25) is 0 Å². The number of nitrogens with zero attached hydrogens (tertiary/aromatic N) is 1. The standard InChI is InChI=1S/C29H31NO5.C21H29NO3/c1-3-34-27(26-19-9-17-8-18(11-19)12-20(26)10-17)21-13-22(33-2)15-23(14-21)35-16-30-28(31)24-6-4-5-7-25(24)29(30)32;1-3-24-21(17-9-18(23-2)11-19(10-17)25-12-22)20-15-5-13-4-14(7-15)8-16(20)6-13/h4-7,13-15,17-20H,3,8-12,16H2,1-2H3;9-11,13-16H,3-8,12,22H2,1-2H3. The molecule has 2 N–H and O–H groups in total. The van der Waals surface area contributed by atoms with Gasteiger partial charge >= 0.3 is 0 Å². The van der Waals surface area contributed by atoms with Crippen LogP contribution in [0.15, 0.2) is 71.8 Å². The molecule has 3 aromatic carbocycles. The van der Waals surface area contributed by atoms with E-state index in [9.17, 15) is 9.59 Å². The van der Waals surface area contributed by atoms with Crippen molar-refractivity contribution in [2.75, 3.05) is 40.9 Å². The molecule has 12 rings (SSSR count). The predicted molar refractivity (Wildman–Crippen MR) is 229 cm³/mol. The van der Waals surface area contributed by atoms with Crippen LogP contribution in [0.3, 0.4) is 0 Å². The number of rotatable bonds is 13. The van der Waals surface area contributed by atoms with Crippen LogP contribution in [0.4, 0.5) is 0 Å². The van der Waals surface area contributed by atoms with E-state index in [2.05, 4.69) is 13.0 Å². The Balaban J connectivity index is 0.000000163. The second-order valence-corrected chi connectivity index (χ2v) is 18.0. The molecule has 3 aromatic rings. The molecule has 8 saturated carbocycles. The van der Waals surface area contributed by atoms with Crippen molar-refractivity contribution in [2.24, 2.45) is 53.1 Å². The molecule has 10 nitrogen and oxygen atoms in total. The highest BCUT2D eigenvalue weighted by Gasteiger charge is 2.48. The monoisotopic (exact) mass is 816 g/mol. The Morgan fingerprint density at radius 1 is 0.567 bits per heavy atom. The Bertz CT molecular complexity index is 2080. The third kappa shape index (κ3) is 7.76. The van der Waals surface area contributed by atoms with Crippen molar-refractivity contribution < 1.29 is 38.0 Å². The van der Waals surface area contributed by atoms with E-state index in [1.807, 2.05) is 31.2 Å². The van der Waals surface area contributed by atoms with Crippen LogP contribution in [0.5, 0.6) is 23.0 Å². The van der Waals surface area contributed by atoms with Crippen molar-refractivity contribution in [3.63, 3.8) is 0 Å². The molecule has 0 unspecified atom stereocenters. The molecule has 0 aromatic heterocycles. The van der Waals surface area contributed by atoms with Crippen molar-refractivity contribution in [1.82, 2.24) is 4.90 Å². The topological polar surface area (TPSA) is 119 Å². The SMILES string of the molecule is CCOC(=C1C2CC3CC(C2)CC1C3)c1cc(OC)cc(OCN)c1.CCOC(=C1C2CC3CC(C2)CC1C3)c1cc(OC)cc(OCN2C(=O)c3ccccc3C2=O)c1. The maximum Gasteiger partial charge on any atom is 0.264 e. The number of hydrogen-bond donors (Lipinski definition) is 1. The van der Waals surface area contributed by atoms with Gasteiger partial charge in [-0.15, -0.1) is 0 Å². The maximum absolute atomic E-state index is 12.7. The number of carbonyl (C=O) groups excluding carboxylic acids is 2. The van der Waals surface area contributed by atoms with Gasteiger partial charge in [-0.1, -0.05) is 12.1 Å². The number of fused-ring (bicyclic) bond motifs is 1. The minimum absolute atomic E-state index is 0.155. The van der Waals surface area contributed by atoms with Gasteiger partial charge in [0.25, 0.3) is 11.8 Å². The molecule has 9 aliphatic rings. The lowest BCUT2D eigenvalue weighted by Crippen LogP contribution is -2.41. The van der Waals surface area contributed by atoms with E-state index in [1.165, 1.54) is 69.8 Å². The highest BCUT2D eigenvalue weighted by molar-refractivity contribution is 6.21. The molecular formula is C50H60N2O8. The molecule has 8 aliphatic carbocycles. The summed E-state index contributed by atoms with van der Waals surface area (Å²) < 4.78 is 35.1. The van der Waals surface area contributed by atoms with Crippen LogP contribution in [0.1, 0.15) is 110 Å². The smallest absolute Gasteiger partial charge is 0.264 e. The number of imide groups is 1. The minimum atomic E-state index is -0.334. The Hall–Kier alpha value is -4.96. The molecule has 10 heteroatoms. The van der Waals surface area contributed by atoms with E-state index in [0.29, 0.717) is 59.5 Å². The molecular weight excluding hydrogens is 757 g/mol. The van der Waals surface area contributed by atoms with Gasteiger partial charge in [0.2, 0.25) is 0 Å². The van der Waals surface area contributed by atoms with Crippen molar-refractivity contribution in [3.05, 3.63) is 94.1 Å². The molecule has 2 amide bonds. The largest absolute Gasteiger partial charge is 0.497 e. The van der Waals surface area contributed by atoms with Crippen molar-refractivity contribution in [1.29, 1.82) is 0 Å². The first-order chi connectivity index (χ1) is 29.3. The zero-order valence-electron chi connectivity index (χ0n) is 35.6. The molecule has 0 spiro atoms. The van der Waals surface area contributed by atoms with Crippen molar-refractivity contribution in [3.8, 4) is 23.0 Å². The Kier molecular flexibility index (Phi) is 11.6.